The highest BCUT2D eigenvalue weighted by Gasteiger charge is 2.10. The summed E-state index contributed by atoms with van der Waals surface area (Å²) in [6.45, 7) is 0. The molecule has 0 bridgehead atoms. The van der Waals surface area contributed by atoms with Gasteiger partial charge in [0.05, 0.1) is 5.69 Å². The predicted octanol–water partition coefficient (Wildman–Crippen LogP) is 4.19. The molecular weight excluding hydrogens is 379 g/mol. The summed E-state index contributed by atoms with van der Waals surface area (Å²) >= 11 is 6.46. The maximum absolute atomic E-state index is 12.9. The number of hydrogen-bond donors (Lipinski definition) is 2. The van der Waals surface area contributed by atoms with E-state index in [0.29, 0.717) is 21.4 Å². The van der Waals surface area contributed by atoms with E-state index in [-0.39, 0.29) is 11.7 Å². The Morgan fingerprint density at radius 2 is 1.89 bits per heavy atom. The second-order valence-corrected chi connectivity index (χ2v) is 5.62. The van der Waals surface area contributed by atoms with Crippen molar-refractivity contribution in [3.05, 3.63) is 56.7 Å². The number of rotatable bonds is 2. The molecule has 3 N–H and O–H groups in total. The summed E-state index contributed by atoms with van der Waals surface area (Å²) in [5.41, 5.74) is 7.07. The first kappa shape index (κ1) is 14.0. The zero-order valence-corrected chi connectivity index (χ0v) is 12.8. The minimum absolute atomic E-state index is 0.319. The third kappa shape index (κ3) is 3.54. The average molecular weight is 388 g/mol. The zero-order valence-electron chi connectivity index (χ0n) is 9.58. The zero-order chi connectivity index (χ0) is 14.0. The van der Waals surface area contributed by atoms with Crippen LogP contribution in [0.3, 0.4) is 0 Å². The fraction of sp³-hybridized carbons (Fsp3) is 0. The summed E-state index contributed by atoms with van der Waals surface area (Å²) in [4.78, 5) is 12.1. The molecule has 2 aromatic rings. The first-order valence-corrected chi connectivity index (χ1v) is 6.87. The van der Waals surface area contributed by atoms with E-state index < -0.39 is 0 Å². The second kappa shape index (κ2) is 5.71. The number of amides is 1. The van der Waals surface area contributed by atoms with Crippen LogP contribution in [0.2, 0.25) is 0 Å². The molecule has 98 valence electrons. The Morgan fingerprint density at radius 1 is 1.16 bits per heavy atom. The normalized spacial score (nSPS) is 10.3. The van der Waals surface area contributed by atoms with Gasteiger partial charge in [-0.15, -0.1) is 0 Å². The van der Waals surface area contributed by atoms with Crippen molar-refractivity contribution < 1.29 is 9.18 Å². The largest absolute Gasteiger partial charge is 0.399 e. The number of nitrogens with one attached hydrogen (secondary N) is 1. The molecule has 0 saturated heterocycles. The Morgan fingerprint density at radius 3 is 2.53 bits per heavy atom. The summed E-state index contributed by atoms with van der Waals surface area (Å²) in [6, 6.07) is 8.96. The van der Waals surface area contributed by atoms with Gasteiger partial charge in [0, 0.05) is 20.2 Å². The molecular formula is C13H9Br2FN2O. The monoisotopic (exact) mass is 386 g/mol. The van der Waals surface area contributed by atoms with Crippen LogP contribution in [0.15, 0.2) is 45.3 Å². The van der Waals surface area contributed by atoms with E-state index in [0.717, 1.165) is 4.47 Å². The molecule has 0 heterocycles. The molecule has 0 aromatic heterocycles. The van der Waals surface area contributed by atoms with Crippen LogP contribution in [0.25, 0.3) is 0 Å². The molecule has 0 fully saturated rings. The van der Waals surface area contributed by atoms with Gasteiger partial charge in [-0.25, -0.2) is 4.39 Å². The van der Waals surface area contributed by atoms with E-state index in [9.17, 15) is 9.18 Å². The highest BCUT2D eigenvalue weighted by atomic mass is 79.9. The molecule has 0 atom stereocenters. The van der Waals surface area contributed by atoms with Gasteiger partial charge in [0.2, 0.25) is 0 Å². The third-order valence-corrected chi connectivity index (χ3v) is 3.48. The molecule has 1 amide bonds. The molecule has 6 heteroatoms. The van der Waals surface area contributed by atoms with Gasteiger partial charge in [-0.3, -0.25) is 4.79 Å². The van der Waals surface area contributed by atoms with Crippen LogP contribution < -0.4 is 11.1 Å². The number of halogens is 3. The number of hydrogen-bond acceptors (Lipinski definition) is 2. The van der Waals surface area contributed by atoms with Crippen molar-refractivity contribution in [3.63, 3.8) is 0 Å². The van der Waals surface area contributed by atoms with Crippen LogP contribution in [-0.4, -0.2) is 5.91 Å². The van der Waals surface area contributed by atoms with Crippen molar-refractivity contribution >= 4 is 49.1 Å². The molecule has 0 aliphatic rings. The van der Waals surface area contributed by atoms with Gasteiger partial charge in [-0.05, 0) is 52.3 Å². The number of carbonyl (C=O) groups is 1. The van der Waals surface area contributed by atoms with Crippen molar-refractivity contribution in [3.8, 4) is 0 Å². The molecule has 3 nitrogen and oxygen atoms in total. The Balaban J connectivity index is 2.25. The van der Waals surface area contributed by atoms with Gasteiger partial charge in [0.15, 0.2) is 0 Å². The second-order valence-electron chi connectivity index (χ2n) is 3.85. The summed E-state index contributed by atoms with van der Waals surface area (Å²) in [6.07, 6.45) is 0. The number of anilines is 2. The van der Waals surface area contributed by atoms with Crippen molar-refractivity contribution in [1.82, 2.24) is 0 Å². The lowest BCUT2D eigenvalue weighted by Gasteiger charge is -2.08. The minimum Gasteiger partial charge on any atom is -0.399 e. The first-order chi connectivity index (χ1) is 8.95. The summed E-state index contributed by atoms with van der Waals surface area (Å²) in [7, 11) is 0. The Bertz CT molecular complexity index is 626. The van der Waals surface area contributed by atoms with Gasteiger partial charge in [0.1, 0.15) is 5.82 Å². The molecule has 2 aromatic carbocycles. The van der Waals surface area contributed by atoms with Crippen LogP contribution in [-0.2, 0) is 0 Å². The fourth-order valence-electron chi connectivity index (χ4n) is 1.53. The Labute approximate surface area is 126 Å². The Kier molecular flexibility index (Phi) is 4.21. The quantitative estimate of drug-likeness (QED) is 0.759. The van der Waals surface area contributed by atoms with Crippen molar-refractivity contribution in [2.45, 2.75) is 0 Å². The molecule has 19 heavy (non-hydrogen) atoms. The molecule has 0 aliphatic heterocycles. The first-order valence-electron chi connectivity index (χ1n) is 5.28. The van der Waals surface area contributed by atoms with E-state index in [1.54, 1.807) is 18.2 Å². The lowest BCUT2D eigenvalue weighted by atomic mass is 10.2. The standard InChI is InChI=1S/C13H9Br2FN2O/c14-8-3-7(4-10(17)5-8)13(19)18-12-2-1-9(16)6-11(12)15/h1-6H,17H2,(H,18,19). The molecule has 0 aliphatic carbocycles. The molecule has 0 saturated carbocycles. The molecule has 0 unspecified atom stereocenters. The average Bonchev–Trinajstić information content (AvgIpc) is 2.31. The minimum atomic E-state index is -0.378. The lowest BCUT2D eigenvalue weighted by molar-refractivity contribution is 0.102. The van der Waals surface area contributed by atoms with E-state index in [1.165, 1.54) is 18.2 Å². The summed E-state index contributed by atoms with van der Waals surface area (Å²) in [5.74, 6) is -0.697. The number of benzene rings is 2. The van der Waals surface area contributed by atoms with E-state index >= 15 is 0 Å². The third-order valence-electron chi connectivity index (χ3n) is 2.36. The number of nitrogens with two attached hydrogens (primary N) is 1. The summed E-state index contributed by atoms with van der Waals surface area (Å²) < 4.78 is 14.1. The highest BCUT2D eigenvalue weighted by Crippen LogP contribution is 2.24. The number of carbonyl (C=O) groups excluding carboxylic acids is 1. The topological polar surface area (TPSA) is 55.1 Å². The Hall–Kier alpha value is -1.40. The summed E-state index contributed by atoms with van der Waals surface area (Å²) in [5, 5.41) is 2.68. The smallest absolute Gasteiger partial charge is 0.255 e. The molecule has 0 radical (unpaired) electrons. The van der Waals surface area contributed by atoms with Gasteiger partial charge < -0.3 is 11.1 Å². The van der Waals surface area contributed by atoms with Crippen LogP contribution in [0.5, 0.6) is 0 Å². The van der Waals surface area contributed by atoms with Crippen LogP contribution in [0.1, 0.15) is 10.4 Å². The highest BCUT2D eigenvalue weighted by molar-refractivity contribution is 9.10. The van der Waals surface area contributed by atoms with Crippen LogP contribution >= 0.6 is 31.9 Å². The van der Waals surface area contributed by atoms with Gasteiger partial charge in [-0.1, -0.05) is 15.9 Å². The van der Waals surface area contributed by atoms with Crippen molar-refractivity contribution in [2.24, 2.45) is 0 Å². The SMILES string of the molecule is Nc1cc(Br)cc(C(=O)Nc2ccc(F)cc2Br)c1. The van der Waals surface area contributed by atoms with Crippen LogP contribution in [0, 0.1) is 5.82 Å². The lowest BCUT2D eigenvalue weighted by Crippen LogP contribution is -2.12. The van der Waals surface area contributed by atoms with Crippen LogP contribution in [0.4, 0.5) is 15.8 Å². The van der Waals surface area contributed by atoms with Crippen molar-refractivity contribution in [1.29, 1.82) is 0 Å². The van der Waals surface area contributed by atoms with Gasteiger partial charge in [-0.2, -0.15) is 0 Å². The van der Waals surface area contributed by atoms with E-state index in [1.807, 2.05) is 0 Å². The fourth-order valence-corrected chi connectivity index (χ4v) is 2.49. The van der Waals surface area contributed by atoms with Gasteiger partial charge in [0.25, 0.3) is 5.91 Å². The molecule has 2 rings (SSSR count). The predicted molar refractivity (Wildman–Crippen MR) is 80.6 cm³/mol. The maximum Gasteiger partial charge on any atom is 0.255 e. The van der Waals surface area contributed by atoms with Gasteiger partial charge >= 0.3 is 0 Å². The number of nitrogen functional groups attached to an aromatic ring is 1. The maximum atomic E-state index is 12.9. The van der Waals surface area contributed by atoms with E-state index in [4.69, 9.17) is 5.73 Å². The molecule has 0 spiro atoms. The van der Waals surface area contributed by atoms with E-state index in [2.05, 4.69) is 37.2 Å². The van der Waals surface area contributed by atoms with Crippen molar-refractivity contribution in [2.75, 3.05) is 11.1 Å².